The number of hydrogen-bond acceptors (Lipinski definition) is 4. The highest BCUT2D eigenvalue weighted by Gasteiger charge is 2.23. The first-order valence-electron chi connectivity index (χ1n) is 5.14. The minimum atomic E-state index is -1.17. The largest absolute Gasteiger partial charge is 0.480 e. The lowest BCUT2D eigenvalue weighted by Crippen LogP contribution is -2.44. The van der Waals surface area contributed by atoms with E-state index in [1.54, 1.807) is 20.8 Å². The van der Waals surface area contributed by atoms with Crippen LogP contribution >= 0.6 is 0 Å². The van der Waals surface area contributed by atoms with E-state index in [9.17, 15) is 13.8 Å². The maximum Gasteiger partial charge on any atom is 0.408 e. The van der Waals surface area contributed by atoms with Crippen LogP contribution in [0.2, 0.25) is 0 Å². The number of aliphatic carboxylic acids is 1. The molecule has 1 amide bonds. The third-order valence-electron chi connectivity index (χ3n) is 1.68. The predicted octanol–water partition coefficient (Wildman–Crippen LogP) is 0.733. The molecule has 2 atom stereocenters. The fourth-order valence-corrected chi connectivity index (χ4v) is 1.56. The molecule has 0 aromatic rings. The van der Waals surface area contributed by atoms with Crippen LogP contribution < -0.4 is 5.32 Å². The number of carbonyl (C=O) groups is 2. The van der Waals surface area contributed by atoms with Crippen LogP contribution in [0.25, 0.3) is 0 Å². The van der Waals surface area contributed by atoms with Gasteiger partial charge in [-0.25, -0.2) is 9.59 Å². The Kier molecular flexibility index (Phi) is 6.15. The molecule has 6 nitrogen and oxygen atoms in total. The Morgan fingerprint density at radius 3 is 2.29 bits per heavy atom. The summed E-state index contributed by atoms with van der Waals surface area (Å²) in [6.07, 6.45) is 0.802. The molecule has 0 radical (unpaired) electrons. The second kappa shape index (κ2) is 6.58. The summed E-state index contributed by atoms with van der Waals surface area (Å²) in [5.74, 6) is -0.950. The number of carboxylic acid groups (broad SMARTS) is 1. The fourth-order valence-electron chi connectivity index (χ4n) is 0.991. The van der Waals surface area contributed by atoms with Crippen molar-refractivity contribution in [2.24, 2.45) is 0 Å². The number of amides is 1. The molecule has 0 heterocycles. The summed E-state index contributed by atoms with van der Waals surface area (Å²) in [5.41, 5.74) is -0.680. The molecule has 17 heavy (non-hydrogen) atoms. The van der Waals surface area contributed by atoms with E-state index in [-0.39, 0.29) is 12.2 Å². The van der Waals surface area contributed by atoms with E-state index >= 15 is 0 Å². The van der Waals surface area contributed by atoms with Gasteiger partial charge in [0.15, 0.2) is 0 Å². The number of hydrogen-bond donors (Lipinski definition) is 2. The van der Waals surface area contributed by atoms with E-state index in [2.05, 4.69) is 5.32 Å². The smallest absolute Gasteiger partial charge is 0.408 e. The van der Waals surface area contributed by atoms with Gasteiger partial charge in [-0.2, -0.15) is 0 Å². The van der Waals surface area contributed by atoms with Gasteiger partial charge in [0, 0.05) is 22.8 Å². The van der Waals surface area contributed by atoms with Crippen LogP contribution in [0.15, 0.2) is 0 Å². The van der Waals surface area contributed by atoms with Gasteiger partial charge in [-0.1, -0.05) is 0 Å². The zero-order valence-corrected chi connectivity index (χ0v) is 11.3. The molecule has 7 heteroatoms. The third kappa shape index (κ3) is 8.67. The van der Waals surface area contributed by atoms with E-state index in [4.69, 9.17) is 9.84 Å². The summed E-state index contributed by atoms with van der Waals surface area (Å²) < 4.78 is 15.8. The highest BCUT2D eigenvalue weighted by atomic mass is 32.2. The van der Waals surface area contributed by atoms with Gasteiger partial charge in [-0.15, -0.1) is 0 Å². The monoisotopic (exact) mass is 265 g/mol. The van der Waals surface area contributed by atoms with Gasteiger partial charge >= 0.3 is 12.1 Å². The maximum absolute atomic E-state index is 11.3. The Morgan fingerprint density at radius 2 is 1.94 bits per heavy atom. The zero-order valence-electron chi connectivity index (χ0n) is 10.5. The molecule has 0 unspecified atom stereocenters. The molecule has 0 saturated carbocycles. The summed E-state index contributed by atoms with van der Waals surface area (Å²) in [5, 5.41) is 11.1. The Morgan fingerprint density at radius 1 is 1.41 bits per heavy atom. The number of alkyl carbamates (subject to hydrolysis) is 1. The average Bonchev–Trinajstić information content (AvgIpc) is 2.08. The van der Waals surface area contributed by atoms with Crippen LogP contribution in [0.5, 0.6) is 0 Å². The van der Waals surface area contributed by atoms with Crippen molar-refractivity contribution in [1.82, 2.24) is 5.32 Å². The number of ether oxygens (including phenoxy) is 1. The zero-order chi connectivity index (χ0) is 13.6. The molecular weight excluding hydrogens is 246 g/mol. The standard InChI is InChI=1S/C10H19NO5S/c1-10(2,3)16-9(14)11-7(8(12)13)5-6-17(4)15/h7H,5-6H2,1-4H3,(H,11,14)(H,12,13)/t7-,17+/m1/s1. The van der Waals surface area contributed by atoms with Gasteiger partial charge in [0.25, 0.3) is 0 Å². The summed E-state index contributed by atoms with van der Waals surface area (Å²) in [4.78, 5) is 22.2. The van der Waals surface area contributed by atoms with E-state index < -0.39 is 34.5 Å². The maximum atomic E-state index is 11.3. The molecule has 0 aliphatic heterocycles. The lowest BCUT2D eigenvalue weighted by Gasteiger charge is -2.21. The Hall–Kier alpha value is -1.11. The lowest BCUT2D eigenvalue weighted by molar-refractivity contribution is -0.139. The van der Waals surface area contributed by atoms with Crippen molar-refractivity contribution in [2.45, 2.75) is 38.8 Å². The molecule has 0 aromatic heterocycles. The lowest BCUT2D eigenvalue weighted by atomic mass is 10.2. The summed E-state index contributed by atoms with van der Waals surface area (Å²) in [7, 11) is -1.09. The summed E-state index contributed by atoms with van der Waals surface area (Å²) in [6.45, 7) is 5.05. The number of carbonyl (C=O) groups excluding carboxylic acids is 1. The van der Waals surface area contributed by atoms with Crippen LogP contribution in [-0.4, -0.2) is 45.0 Å². The van der Waals surface area contributed by atoms with E-state index in [1.807, 2.05) is 0 Å². The molecule has 0 bridgehead atoms. The van der Waals surface area contributed by atoms with Crippen molar-refractivity contribution in [2.75, 3.05) is 12.0 Å². The summed E-state index contributed by atoms with van der Waals surface area (Å²) >= 11 is 0. The Labute approximate surface area is 103 Å². The number of carboxylic acids is 1. The minimum Gasteiger partial charge on any atom is -0.480 e. The molecule has 100 valence electrons. The number of rotatable bonds is 5. The van der Waals surface area contributed by atoms with Gasteiger partial charge < -0.3 is 15.2 Å². The van der Waals surface area contributed by atoms with Crippen molar-refractivity contribution in [3.8, 4) is 0 Å². The summed E-state index contributed by atoms with van der Waals surface area (Å²) in [6, 6.07) is -1.08. The second-order valence-corrected chi connectivity index (χ2v) is 6.16. The Bertz CT molecular complexity index is 310. The molecule has 0 aromatic carbocycles. The molecule has 0 aliphatic carbocycles. The molecule has 0 spiro atoms. The molecule has 0 aliphatic rings. The first kappa shape index (κ1) is 15.9. The van der Waals surface area contributed by atoms with Crippen molar-refractivity contribution < 1.29 is 23.6 Å². The normalized spacial score (nSPS) is 14.8. The van der Waals surface area contributed by atoms with Gasteiger partial charge in [0.05, 0.1) is 0 Å². The fraction of sp³-hybridized carbons (Fsp3) is 0.800. The van der Waals surface area contributed by atoms with Crippen LogP contribution in [0.1, 0.15) is 27.2 Å². The SMILES string of the molecule is C[S@](=O)CC[C@@H](NC(=O)OC(C)(C)C)C(=O)O. The van der Waals surface area contributed by atoms with E-state index in [0.717, 1.165) is 0 Å². The van der Waals surface area contributed by atoms with Gasteiger partial charge in [0.2, 0.25) is 0 Å². The second-order valence-electron chi connectivity index (χ2n) is 4.60. The molecule has 0 fully saturated rings. The first-order chi connectivity index (χ1) is 7.61. The van der Waals surface area contributed by atoms with E-state index in [0.29, 0.717) is 0 Å². The third-order valence-corrected chi connectivity index (χ3v) is 2.49. The quantitative estimate of drug-likeness (QED) is 0.764. The minimum absolute atomic E-state index is 0.109. The van der Waals surface area contributed by atoms with Gasteiger partial charge in [0.1, 0.15) is 11.6 Å². The van der Waals surface area contributed by atoms with Crippen LogP contribution in [0.3, 0.4) is 0 Å². The molecular formula is C10H19NO5S. The van der Waals surface area contributed by atoms with Crippen LogP contribution in [-0.2, 0) is 20.3 Å². The highest BCUT2D eigenvalue weighted by molar-refractivity contribution is 7.84. The molecule has 2 N–H and O–H groups in total. The number of nitrogens with one attached hydrogen (secondary N) is 1. The predicted molar refractivity (Wildman–Crippen MR) is 64.3 cm³/mol. The molecule has 0 rings (SSSR count). The Balaban J connectivity index is 4.30. The van der Waals surface area contributed by atoms with Crippen LogP contribution in [0, 0.1) is 0 Å². The van der Waals surface area contributed by atoms with Crippen molar-refractivity contribution >= 4 is 22.9 Å². The topological polar surface area (TPSA) is 92.7 Å². The van der Waals surface area contributed by atoms with Gasteiger partial charge in [-0.3, -0.25) is 4.21 Å². The first-order valence-corrected chi connectivity index (χ1v) is 6.87. The van der Waals surface area contributed by atoms with Crippen molar-refractivity contribution in [3.05, 3.63) is 0 Å². The van der Waals surface area contributed by atoms with Gasteiger partial charge in [-0.05, 0) is 27.2 Å². The van der Waals surface area contributed by atoms with Crippen molar-refractivity contribution in [3.63, 3.8) is 0 Å². The highest BCUT2D eigenvalue weighted by Crippen LogP contribution is 2.07. The van der Waals surface area contributed by atoms with Crippen LogP contribution in [0.4, 0.5) is 4.79 Å². The average molecular weight is 265 g/mol. The van der Waals surface area contributed by atoms with E-state index in [1.165, 1.54) is 6.26 Å². The van der Waals surface area contributed by atoms with Crippen molar-refractivity contribution in [1.29, 1.82) is 0 Å². The molecule has 0 saturated heterocycles.